The van der Waals surface area contributed by atoms with Crippen LogP contribution in [-0.4, -0.2) is 17.1 Å². The normalized spacial score (nSPS) is 10.8. The molecular weight excluding hydrogens is 233 g/mol. The number of anilines is 1. The van der Waals surface area contributed by atoms with Gasteiger partial charge in [-0.2, -0.15) is 0 Å². The van der Waals surface area contributed by atoms with E-state index in [-0.39, 0.29) is 17.5 Å². The van der Waals surface area contributed by atoms with Crippen LogP contribution in [0.1, 0.15) is 11.1 Å². The number of methoxy groups -OCH3 is 1. The molecule has 5 heteroatoms. The van der Waals surface area contributed by atoms with Gasteiger partial charge >= 0.3 is 0 Å². The van der Waals surface area contributed by atoms with Crippen LogP contribution in [0.25, 0.3) is 12.2 Å². The molecule has 0 saturated carbocycles. The van der Waals surface area contributed by atoms with E-state index in [1.165, 1.54) is 13.2 Å². The summed E-state index contributed by atoms with van der Waals surface area (Å²) in [5, 5.41) is 0. The third-order valence-corrected chi connectivity index (χ3v) is 2.34. The molecule has 0 amide bonds. The van der Waals surface area contributed by atoms with Crippen LogP contribution >= 0.6 is 0 Å². The minimum Gasteiger partial charge on any atom is -0.494 e. The van der Waals surface area contributed by atoms with E-state index in [4.69, 9.17) is 10.5 Å². The van der Waals surface area contributed by atoms with Crippen molar-refractivity contribution >= 4 is 18.1 Å². The van der Waals surface area contributed by atoms with E-state index in [1.54, 1.807) is 24.5 Å². The Kier molecular flexibility index (Phi) is 3.52. The minimum absolute atomic E-state index is 0.214. The summed E-state index contributed by atoms with van der Waals surface area (Å²) in [7, 11) is 1.43. The summed E-state index contributed by atoms with van der Waals surface area (Å²) in [5.74, 6) is 0.0618. The van der Waals surface area contributed by atoms with Gasteiger partial charge in [0.05, 0.1) is 7.11 Å². The molecule has 0 fully saturated rings. The number of hydrogen-bond acceptors (Lipinski definition) is 4. The van der Waals surface area contributed by atoms with Crippen molar-refractivity contribution in [1.82, 2.24) is 9.97 Å². The van der Waals surface area contributed by atoms with Gasteiger partial charge in [-0.1, -0.05) is 18.2 Å². The van der Waals surface area contributed by atoms with Crippen LogP contribution in [0.3, 0.4) is 0 Å². The molecule has 2 rings (SSSR count). The van der Waals surface area contributed by atoms with Gasteiger partial charge in [-0.15, -0.1) is 0 Å². The predicted octanol–water partition coefficient (Wildman–Crippen LogP) is 2.38. The second kappa shape index (κ2) is 5.27. The molecule has 0 aliphatic rings. The monoisotopic (exact) mass is 245 g/mol. The zero-order valence-electron chi connectivity index (χ0n) is 9.80. The van der Waals surface area contributed by atoms with Crippen molar-refractivity contribution in [1.29, 1.82) is 0 Å². The maximum absolute atomic E-state index is 13.2. The van der Waals surface area contributed by atoms with Crippen molar-refractivity contribution in [2.45, 2.75) is 0 Å². The highest BCUT2D eigenvalue weighted by atomic mass is 19.1. The van der Waals surface area contributed by atoms with E-state index >= 15 is 0 Å². The lowest BCUT2D eigenvalue weighted by Crippen LogP contribution is -1.93. The highest BCUT2D eigenvalue weighted by Gasteiger charge is 2.01. The summed E-state index contributed by atoms with van der Waals surface area (Å²) in [6.45, 7) is 0. The van der Waals surface area contributed by atoms with Crippen molar-refractivity contribution in [2.75, 3.05) is 12.8 Å². The van der Waals surface area contributed by atoms with Crippen LogP contribution in [0.4, 0.5) is 10.3 Å². The molecule has 0 unspecified atom stereocenters. The van der Waals surface area contributed by atoms with Gasteiger partial charge in [-0.05, 0) is 17.7 Å². The number of hydrogen-bond donors (Lipinski definition) is 1. The van der Waals surface area contributed by atoms with E-state index in [0.717, 1.165) is 11.1 Å². The Morgan fingerprint density at radius 2 is 1.83 bits per heavy atom. The molecule has 0 saturated heterocycles. The molecule has 4 nitrogen and oxygen atoms in total. The molecule has 1 aromatic heterocycles. The first kappa shape index (κ1) is 12.0. The van der Waals surface area contributed by atoms with Gasteiger partial charge in [0, 0.05) is 18.0 Å². The summed E-state index contributed by atoms with van der Waals surface area (Å²) in [6.07, 6.45) is 6.85. The summed E-state index contributed by atoms with van der Waals surface area (Å²) in [6, 6.07) is 4.63. The van der Waals surface area contributed by atoms with Crippen LogP contribution in [0.5, 0.6) is 5.75 Å². The topological polar surface area (TPSA) is 61.0 Å². The molecule has 1 aromatic carbocycles. The lowest BCUT2D eigenvalue weighted by molar-refractivity contribution is 0.386. The molecule has 2 aromatic rings. The highest BCUT2D eigenvalue weighted by Crippen LogP contribution is 2.19. The Morgan fingerprint density at radius 3 is 2.50 bits per heavy atom. The smallest absolute Gasteiger partial charge is 0.219 e. The van der Waals surface area contributed by atoms with Gasteiger partial charge in [0.1, 0.15) is 0 Å². The quantitative estimate of drug-likeness (QED) is 0.901. The standard InChI is InChI=1S/C13H12FN3O/c1-18-12-6-9(4-5-11(12)14)2-3-10-7-16-13(15)17-8-10/h2-8H,1H3,(H2,15,16,17)/b3-2+. The van der Waals surface area contributed by atoms with Crippen LogP contribution in [0.15, 0.2) is 30.6 Å². The Morgan fingerprint density at radius 1 is 1.17 bits per heavy atom. The fraction of sp³-hybridized carbons (Fsp3) is 0.0769. The van der Waals surface area contributed by atoms with Gasteiger partial charge in [0.25, 0.3) is 0 Å². The number of benzene rings is 1. The molecule has 1 heterocycles. The average Bonchev–Trinajstić information content (AvgIpc) is 2.39. The number of ether oxygens (including phenoxy) is 1. The van der Waals surface area contributed by atoms with Crippen LogP contribution in [-0.2, 0) is 0 Å². The Balaban J connectivity index is 2.20. The van der Waals surface area contributed by atoms with Crippen molar-refractivity contribution in [3.8, 4) is 5.75 Å². The van der Waals surface area contributed by atoms with E-state index < -0.39 is 0 Å². The molecule has 92 valence electrons. The molecule has 0 radical (unpaired) electrons. The molecule has 0 aliphatic carbocycles. The molecule has 2 N–H and O–H groups in total. The van der Waals surface area contributed by atoms with Crippen LogP contribution in [0, 0.1) is 5.82 Å². The maximum Gasteiger partial charge on any atom is 0.219 e. The molecule has 0 atom stereocenters. The lowest BCUT2D eigenvalue weighted by atomic mass is 10.1. The maximum atomic E-state index is 13.2. The fourth-order valence-electron chi connectivity index (χ4n) is 1.41. The molecule has 0 spiro atoms. The third kappa shape index (κ3) is 2.82. The first-order valence-corrected chi connectivity index (χ1v) is 5.28. The molecule has 0 aliphatic heterocycles. The molecular formula is C13H12FN3O. The number of nitrogens with zero attached hydrogens (tertiary/aromatic N) is 2. The van der Waals surface area contributed by atoms with E-state index in [1.807, 2.05) is 12.2 Å². The Hall–Kier alpha value is -2.43. The van der Waals surface area contributed by atoms with Crippen molar-refractivity contribution in [2.24, 2.45) is 0 Å². The molecule has 0 bridgehead atoms. The van der Waals surface area contributed by atoms with Gasteiger partial charge in [0.15, 0.2) is 11.6 Å². The number of halogens is 1. The average molecular weight is 245 g/mol. The van der Waals surface area contributed by atoms with Crippen molar-refractivity contribution in [3.05, 3.63) is 47.5 Å². The van der Waals surface area contributed by atoms with Gasteiger partial charge in [0.2, 0.25) is 5.95 Å². The highest BCUT2D eigenvalue weighted by molar-refractivity contribution is 5.69. The zero-order valence-corrected chi connectivity index (χ0v) is 9.80. The Labute approximate surface area is 104 Å². The fourth-order valence-corrected chi connectivity index (χ4v) is 1.41. The first-order valence-electron chi connectivity index (χ1n) is 5.28. The first-order chi connectivity index (χ1) is 8.69. The molecule has 18 heavy (non-hydrogen) atoms. The minimum atomic E-state index is -0.384. The predicted molar refractivity (Wildman–Crippen MR) is 68.3 cm³/mol. The van der Waals surface area contributed by atoms with Crippen molar-refractivity contribution < 1.29 is 9.13 Å². The number of aromatic nitrogens is 2. The summed E-state index contributed by atoms with van der Waals surface area (Å²) >= 11 is 0. The Bertz CT molecular complexity index is 567. The number of rotatable bonds is 3. The van der Waals surface area contributed by atoms with Gasteiger partial charge < -0.3 is 10.5 Å². The van der Waals surface area contributed by atoms with Crippen LogP contribution in [0.2, 0.25) is 0 Å². The summed E-state index contributed by atoms with van der Waals surface area (Å²) < 4.78 is 18.1. The van der Waals surface area contributed by atoms with Gasteiger partial charge in [-0.25, -0.2) is 14.4 Å². The third-order valence-electron chi connectivity index (χ3n) is 2.34. The largest absolute Gasteiger partial charge is 0.494 e. The van der Waals surface area contributed by atoms with E-state index in [2.05, 4.69) is 9.97 Å². The lowest BCUT2D eigenvalue weighted by Gasteiger charge is -2.02. The summed E-state index contributed by atoms with van der Waals surface area (Å²) in [5.41, 5.74) is 7.02. The van der Waals surface area contributed by atoms with Crippen molar-refractivity contribution in [3.63, 3.8) is 0 Å². The van der Waals surface area contributed by atoms with E-state index in [9.17, 15) is 4.39 Å². The number of nitrogen functional groups attached to an aromatic ring is 1. The SMILES string of the molecule is COc1cc(/C=C/c2cnc(N)nc2)ccc1F. The van der Waals surface area contributed by atoms with E-state index in [0.29, 0.717) is 0 Å². The zero-order chi connectivity index (χ0) is 13.0. The second-order valence-corrected chi connectivity index (χ2v) is 3.60. The second-order valence-electron chi connectivity index (χ2n) is 3.60. The van der Waals surface area contributed by atoms with Gasteiger partial charge in [-0.3, -0.25) is 0 Å². The van der Waals surface area contributed by atoms with Crippen LogP contribution < -0.4 is 10.5 Å². The summed E-state index contributed by atoms with van der Waals surface area (Å²) in [4.78, 5) is 7.74. The number of nitrogens with two attached hydrogens (primary N) is 1.